The molecule has 0 bridgehead atoms. The summed E-state index contributed by atoms with van der Waals surface area (Å²) in [4.78, 5) is 43.6. The number of ether oxygens (including phenoxy) is 2. The largest absolute Gasteiger partial charge is 0.465 e. The molecule has 2 fully saturated rings. The second-order valence-corrected chi connectivity index (χ2v) is 10.6. The molecular weight excluding hydrogens is 480 g/mol. The van der Waals surface area contributed by atoms with Crippen molar-refractivity contribution in [2.24, 2.45) is 11.7 Å². The van der Waals surface area contributed by atoms with Gasteiger partial charge in [-0.15, -0.1) is 0 Å². The summed E-state index contributed by atoms with van der Waals surface area (Å²) in [7, 11) is 0. The Morgan fingerprint density at radius 3 is 2.24 bits per heavy atom. The molecule has 2 N–H and O–H groups in total. The second kappa shape index (κ2) is 12.7. The van der Waals surface area contributed by atoms with Crippen LogP contribution in [0.4, 0.5) is 0 Å². The minimum Gasteiger partial charge on any atom is -0.465 e. The van der Waals surface area contributed by atoms with Crippen LogP contribution >= 0.6 is 0 Å². The highest BCUT2D eigenvalue weighted by molar-refractivity contribution is 6.11. The summed E-state index contributed by atoms with van der Waals surface area (Å²) in [6.45, 7) is 3.65. The van der Waals surface area contributed by atoms with Gasteiger partial charge in [0, 0.05) is 6.04 Å². The number of nitrogens with zero attached hydrogens (tertiary/aromatic N) is 1. The van der Waals surface area contributed by atoms with E-state index in [1.54, 1.807) is 13.8 Å². The molecule has 1 aliphatic carbocycles. The van der Waals surface area contributed by atoms with E-state index in [2.05, 4.69) is 0 Å². The molecule has 0 spiro atoms. The molecule has 0 amide bonds. The lowest BCUT2D eigenvalue weighted by molar-refractivity contribution is -0.170. The van der Waals surface area contributed by atoms with E-state index in [0.717, 1.165) is 36.8 Å². The second-order valence-electron chi connectivity index (χ2n) is 10.6. The first-order valence-electron chi connectivity index (χ1n) is 13.9. The lowest BCUT2D eigenvalue weighted by atomic mass is 9.80. The van der Waals surface area contributed by atoms with Crippen molar-refractivity contribution in [1.82, 2.24) is 4.90 Å². The van der Waals surface area contributed by atoms with Gasteiger partial charge in [0.25, 0.3) is 0 Å². The van der Waals surface area contributed by atoms with Crippen molar-refractivity contribution in [3.63, 3.8) is 0 Å². The lowest BCUT2D eigenvalue weighted by Crippen LogP contribution is -2.66. The van der Waals surface area contributed by atoms with Gasteiger partial charge < -0.3 is 15.2 Å². The maximum Gasteiger partial charge on any atom is 0.334 e. The fourth-order valence-electron chi connectivity index (χ4n) is 6.35. The number of hydrogen-bond donors (Lipinski definition) is 1. The third-order valence-corrected chi connectivity index (χ3v) is 8.04. The molecule has 1 heterocycles. The van der Waals surface area contributed by atoms with Crippen molar-refractivity contribution in [3.8, 4) is 0 Å². The Labute approximate surface area is 225 Å². The van der Waals surface area contributed by atoms with E-state index in [4.69, 9.17) is 15.2 Å². The zero-order chi connectivity index (χ0) is 27.1. The molecule has 2 aromatic rings. The van der Waals surface area contributed by atoms with Crippen molar-refractivity contribution < 1.29 is 23.9 Å². The van der Waals surface area contributed by atoms with E-state index in [1.165, 1.54) is 0 Å². The van der Waals surface area contributed by atoms with Gasteiger partial charge in [0.1, 0.15) is 12.6 Å². The quantitative estimate of drug-likeness (QED) is 0.350. The molecule has 2 aliphatic rings. The molecule has 0 aromatic heterocycles. The number of aryl methyl sites for hydroxylation is 1. The van der Waals surface area contributed by atoms with Gasteiger partial charge in [-0.05, 0) is 63.0 Å². The summed E-state index contributed by atoms with van der Waals surface area (Å²) in [5, 5.41) is 0. The van der Waals surface area contributed by atoms with Crippen molar-refractivity contribution in [2.75, 3.05) is 6.61 Å². The summed E-state index contributed by atoms with van der Waals surface area (Å²) in [5.74, 6) is -1.32. The van der Waals surface area contributed by atoms with Gasteiger partial charge in [-0.25, -0.2) is 4.79 Å². The molecule has 4 rings (SSSR count). The summed E-state index contributed by atoms with van der Waals surface area (Å²) < 4.78 is 11.4. The van der Waals surface area contributed by atoms with Crippen LogP contribution < -0.4 is 5.73 Å². The zero-order valence-corrected chi connectivity index (χ0v) is 22.5. The molecule has 2 aromatic carbocycles. The Morgan fingerprint density at radius 2 is 1.61 bits per heavy atom. The fraction of sp³-hybridized carbons (Fsp3) is 0.516. The number of nitrogens with two attached hydrogens (primary N) is 1. The predicted molar refractivity (Wildman–Crippen MR) is 145 cm³/mol. The number of likely N-dealkylation sites (tertiary alicyclic amines) is 1. The van der Waals surface area contributed by atoms with Crippen LogP contribution in [0.3, 0.4) is 0 Å². The van der Waals surface area contributed by atoms with Crippen molar-refractivity contribution in [1.29, 1.82) is 0 Å². The van der Waals surface area contributed by atoms with Crippen LogP contribution in [0.2, 0.25) is 0 Å². The number of fused-ring (bicyclic) bond motifs is 1. The number of rotatable bonds is 11. The van der Waals surface area contributed by atoms with Crippen LogP contribution in [-0.4, -0.2) is 52.9 Å². The van der Waals surface area contributed by atoms with Crippen molar-refractivity contribution >= 4 is 17.7 Å². The Morgan fingerprint density at radius 1 is 0.974 bits per heavy atom. The maximum atomic E-state index is 14.1. The Hall–Kier alpha value is -3.03. The first-order chi connectivity index (χ1) is 18.4. The van der Waals surface area contributed by atoms with Crippen LogP contribution in [0.25, 0.3) is 0 Å². The van der Waals surface area contributed by atoms with E-state index in [0.29, 0.717) is 19.3 Å². The smallest absolute Gasteiger partial charge is 0.334 e. The fourth-order valence-corrected chi connectivity index (χ4v) is 6.35. The van der Waals surface area contributed by atoms with E-state index in [1.807, 2.05) is 65.6 Å². The first kappa shape index (κ1) is 28.0. The predicted octanol–water partition coefficient (Wildman–Crippen LogP) is 4.21. The van der Waals surface area contributed by atoms with E-state index >= 15 is 0 Å². The number of esters is 2. The van der Waals surface area contributed by atoms with Gasteiger partial charge in [0.2, 0.25) is 0 Å². The Balaban J connectivity index is 1.75. The molecule has 0 radical (unpaired) electrons. The molecule has 1 unspecified atom stereocenters. The third kappa shape index (κ3) is 5.84. The van der Waals surface area contributed by atoms with Crippen LogP contribution in [-0.2, 0) is 36.9 Å². The number of benzene rings is 2. The molecule has 7 nitrogen and oxygen atoms in total. The number of Topliss-reactive ketones (excluding diaryl/α,β-unsaturated/α-hetero) is 1. The number of carbonyl (C=O) groups is 3. The van der Waals surface area contributed by atoms with Crippen molar-refractivity contribution in [2.45, 2.75) is 89.1 Å². The summed E-state index contributed by atoms with van der Waals surface area (Å²) in [6, 6.07) is 17.6. The molecule has 204 valence electrons. The minimum atomic E-state index is -1.63. The Bertz CT molecular complexity index is 1090. The van der Waals surface area contributed by atoms with Gasteiger partial charge in [-0.2, -0.15) is 0 Å². The number of ketones is 1. The molecule has 38 heavy (non-hydrogen) atoms. The molecule has 1 aliphatic heterocycles. The van der Waals surface area contributed by atoms with Crippen LogP contribution in [0.15, 0.2) is 60.7 Å². The van der Waals surface area contributed by atoms with E-state index in [-0.39, 0.29) is 31.0 Å². The molecule has 1 saturated carbocycles. The van der Waals surface area contributed by atoms with Crippen LogP contribution in [0.1, 0.15) is 63.5 Å². The van der Waals surface area contributed by atoms with E-state index < -0.39 is 29.6 Å². The monoisotopic (exact) mass is 520 g/mol. The highest BCUT2D eigenvalue weighted by atomic mass is 16.5. The van der Waals surface area contributed by atoms with Gasteiger partial charge in [0.05, 0.1) is 12.6 Å². The summed E-state index contributed by atoms with van der Waals surface area (Å²) in [5.41, 5.74) is 6.48. The van der Waals surface area contributed by atoms with Crippen LogP contribution in [0, 0.1) is 5.92 Å². The zero-order valence-electron chi connectivity index (χ0n) is 22.5. The third-order valence-electron chi connectivity index (χ3n) is 8.04. The standard InChI is InChI=1S/C31H40N2O5/c1-3-37-29(35)27(19-18-23-12-6-4-7-13-23)33-26-17-11-10-16-25(26)20-31(33,28(34)22(2)32)30(36)38-21-24-14-8-5-9-15-24/h4-9,12-15,22,25-27H,3,10-11,16-21,32H2,1-2H3/t22?,25-,26-,27-,31+/m0/s1. The van der Waals surface area contributed by atoms with Gasteiger partial charge in [-0.1, -0.05) is 73.5 Å². The van der Waals surface area contributed by atoms with E-state index in [9.17, 15) is 14.4 Å². The normalized spacial score (nSPS) is 24.7. The first-order valence-corrected chi connectivity index (χ1v) is 13.9. The highest BCUT2D eigenvalue weighted by Crippen LogP contribution is 2.48. The SMILES string of the molecule is CCOC(=O)[C@H](CCc1ccccc1)N1[C@H]2CCCC[C@H]2C[C@]1(C(=O)OCc1ccccc1)C(=O)C(C)N. The van der Waals surface area contributed by atoms with Gasteiger partial charge in [0.15, 0.2) is 11.3 Å². The Kier molecular flexibility index (Phi) is 9.34. The highest BCUT2D eigenvalue weighted by Gasteiger charge is 2.64. The summed E-state index contributed by atoms with van der Waals surface area (Å²) >= 11 is 0. The maximum absolute atomic E-state index is 14.1. The van der Waals surface area contributed by atoms with Gasteiger partial charge >= 0.3 is 11.9 Å². The molecule has 1 saturated heterocycles. The topological polar surface area (TPSA) is 98.9 Å². The van der Waals surface area contributed by atoms with Gasteiger partial charge in [-0.3, -0.25) is 14.5 Å². The number of hydrogen-bond acceptors (Lipinski definition) is 7. The minimum absolute atomic E-state index is 0.0465. The average Bonchev–Trinajstić information content (AvgIpc) is 3.28. The molecule has 5 atom stereocenters. The average molecular weight is 521 g/mol. The van der Waals surface area contributed by atoms with Crippen molar-refractivity contribution in [3.05, 3.63) is 71.8 Å². The molecule has 7 heteroatoms. The summed E-state index contributed by atoms with van der Waals surface area (Å²) in [6.07, 6.45) is 5.07. The van der Waals surface area contributed by atoms with Crippen LogP contribution in [0.5, 0.6) is 0 Å². The number of carbonyl (C=O) groups excluding carboxylic acids is 3. The lowest BCUT2D eigenvalue weighted by Gasteiger charge is -2.43. The molecular formula is C31H40N2O5.